The highest BCUT2D eigenvalue weighted by molar-refractivity contribution is 5.83. The van der Waals surface area contributed by atoms with Crippen LogP contribution < -0.4 is 0 Å². The number of nitrogens with zero attached hydrogens (tertiary/aromatic N) is 2. The highest BCUT2D eigenvalue weighted by atomic mass is 16.6. The van der Waals surface area contributed by atoms with Crippen LogP contribution in [0.15, 0.2) is 4.52 Å². The zero-order chi connectivity index (χ0) is 9.97. The molecule has 0 spiro atoms. The molecule has 1 fully saturated rings. The van der Waals surface area contributed by atoms with Gasteiger partial charge in [0.25, 0.3) is 0 Å². The summed E-state index contributed by atoms with van der Waals surface area (Å²) >= 11 is 0. The van der Waals surface area contributed by atoms with Gasteiger partial charge in [-0.15, -0.1) is 0 Å². The summed E-state index contributed by atoms with van der Waals surface area (Å²) in [5, 5.41) is 3.66. The molecule has 0 amide bonds. The fourth-order valence-electron chi connectivity index (χ4n) is 1.32. The SMILES string of the molecule is COC(=O)c1nc(C2CCCO2)no1. The van der Waals surface area contributed by atoms with Gasteiger partial charge >= 0.3 is 11.9 Å². The van der Waals surface area contributed by atoms with Gasteiger partial charge in [-0.05, 0) is 12.8 Å². The molecule has 0 aromatic carbocycles. The summed E-state index contributed by atoms with van der Waals surface area (Å²) < 4.78 is 14.5. The van der Waals surface area contributed by atoms with Crippen LogP contribution in [0.5, 0.6) is 0 Å². The first kappa shape index (κ1) is 9.14. The van der Waals surface area contributed by atoms with Crippen LogP contribution in [-0.2, 0) is 9.47 Å². The maximum Gasteiger partial charge on any atom is 0.397 e. The number of hydrogen-bond donors (Lipinski definition) is 0. The first-order valence-corrected chi connectivity index (χ1v) is 4.35. The van der Waals surface area contributed by atoms with Crippen molar-refractivity contribution in [3.8, 4) is 0 Å². The Morgan fingerprint density at radius 1 is 1.64 bits per heavy atom. The molecule has 6 heteroatoms. The Morgan fingerprint density at radius 2 is 2.50 bits per heavy atom. The monoisotopic (exact) mass is 198 g/mol. The Balaban J connectivity index is 2.12. The minimum atomic E-state index is -0.623. The molecule has 14 heavy (non-hydrogen) atoms. The normalized spacial score (nSPS) is 21.1. The summed E-state index contributed by atoms with van der Waals surface area (Å²) in [6, 6.07) is 0. The number of esters is 1. The van der Waals surface area contributed by atoms with Crippen molar-refractivity contribution in [2.75, 3.05) is 13.7 Å². The van der Waals surface area contributed by atoms with Crippen LogP contribution >= 0.6 is 0 Å². The molecule has 2 rings (SSSR count). The maximum absolute atomic E-state index is 11.0. The lowest BCUT2D eigenvalue weighted by Crippen LogP contribution is -2.03. The molecule has 0 radical (unpaired) electrons. The molecule has 0 N–H and O–H groups in total. The summed E-state index contributed by atoms with van der Waals surface area (Å²) in [7, 11) is 1.26. The minimum Gasteiger partial charge on any atom is -0.462 e. The van der Waals surface area contributed by atoms with Gasteiger partial charge in [0.2, 0.25) is 5.82 Å². The Morgan fingerprint density at radius 3 is 3.14 bits per heavy atom. The average molecular weight is 198 g/mol. The summed E-state index contributed by atoms with van der Waals surface area (Å²) in [6.07, 6.45) is 1.70. The molecular weight excluding hydrogens is 188 g/mol. The molecule has 1 atom stereocenters. The van der Waals surface area contributed by atoms with E-state index in [1.54, 1.807) is 0 Å². The fraction of sp³-hybridized carbons (Fsp3) is 0.625. The van der Waals surface area contributed by atoms with E-state index in [1.165, 1.54) is 7.11 Å². The van der Waals surface area contributed by atoms with E-state index >= 15 is 0 Å². The van der Waals surface area contributed by atoms with E-state index in [0.717, 1.165) is 12.8 Å². The number of aromatic nitrogens is 2. The Kier molecular flexibility index (Phi) is 2.45. The van der Waals surface area contributed by atoms with E-state index in [4.69, 9.17) is 9.26 Å². The van der Waals surface area contributed by atoms with Gasteiger partial charge in [-0.3, -0.25) is 0 Å². The van der Waals surface area contributed by atoms with Crippen molar-refractivity contribution < 1.29 is 18.8 Å². The third-order valence-electron chi connectivity index (χ3n) is 2.02. The second-order valence-corrected chi connectivity index (χ2v) is 2.95. The van der Waals surface area contributed by atoms with Crippen LogP contribution in [0.25, 0.3) is 0 Å². The van der Waals surface area contributed by atoms with Crippen molar-refractivity contribution in [1.82, 2.24) is 10.1 Å². The van der Waals surface area contributed by atoms with Crippen molar-refractivity contribution in [2.24, 2.45) is 0 Å². The first-order valence-electron chi connectivity index (χ1n) is 4.35. The van der Waals surface area contributed by atoms with Crippen LogP contribution in [0.2, 0.25) is 0 Å². The van der Waals surface area contributed by atoms with Crippen molar-refractivity contribution in [3.63, 3.8) is 0 Å². The van der Waals surface area contributed by atoms with Crippen LogP contribution in [-0.4, -0.2) is 29.8 Å². The predicted molar refractivity (Wildman–Crippen MR) is 43.6 cm³/mol. The van der Waals surface area contributed by atoms with E-state index in [1.807, 2.05) is 0 Å². The molecule has 0 saturated carbocycles. The van der Waals surface area contributed by atoms with Gasteiger partial charge in [0.15, 0.2) is 0 Å². The zero-order valence-electron chi connectivity index (χ0n) is 7.73. The molecule has 1 unspecified atom stereocenters. The lowest BCUT2D eigenvalue weighted by Gasteiger charge is -2.00. The molecule has 0 aliphatic carbocycles. The highest BCUT2D eigenvalue weighted by Crippen LogP contribution is 2.25. The van der Waals surface area contributed by atoms with E-state index in [2.05, 4.69) is 14.9 Å². The lowest BCUT2D eigenvalue weighted by molar-refractivity contribution is 0.0545. The quantitative estimate of drug-likeness (QED) is 0.651. The molecule has 1 aliphatic heterocycles. The second kappa shape index (κ2) is 3.75. The number of hydrogen-bond acceptors (Lipinski definition) is 6. The Bertz CT molecular complexity index is 330. The topological polar surface area (TPSA) is 74.5 Å². The van der Waals surface area contributed by atoms with Crippen molar-refractivity contribution in [3.05, 3.63) is 11.7 Å². The first-order chi connectivity index (χ1) is 6.81. The summed E-state index contributed by atoms with van der Waals surface area (Å²) in [5.41, 5.74) is 0. The van der Waals surface area contributed by atoms with Gasteiger partial charge in [-0.2, -0.15) is 4.98 Å². The predicted octanol–water partition coefficient (Wildman–Crippen LogP) is 0.708. The number of carbonyl (C=O) groups is 1. The van der Waals surface area contributed by atoms with E-state index < -0.39 is 5.97 Å². The van der Waals surface area contributed by atoms with Crippen molar-refractivity contribution in [1.29, 1.82) is 0 Å². The van der Waals surface area contributed by atoms with Crippen LogP contribution in [0, 0.1) is 0 Å². The molecule has 0 bridgehead atoms. The molecule has 1 aromatic heterocycles. The van der Waals surface area contributed by atoms with Gasteiger partial charge in [0, 0.05) is 6.61 Å². The Labute approximate surface area is 80.2 Å². The van der Waals surface area contributed by atoms with Gasteiger partial charge in [0.1, 0.15) is 6.10 Å². The van der Waals surface area contributed by atoms with Crippen LogP contribution in [0.1, 0.15) is 35.5 Å². The largest absolute Gasteiger partial charge is 0.462 e. The number of ether oxygens (including phenoxy) is 2. The van der Waals surface area contributed by atoms with Crippen LogP contribution in [0.4, 0.5) is 0 Å². The number of methoxy groups -OCH3 is 1. The molecule has 6 nitrogen and oxygen atoms in total. The number of carbonyl (C=O) groups excluding carboxylic acids is 1. The smallest absolute Gasteiger partial charge is 0.397 e. The van der Waals surface area contributed by atoms with Gasteiger partial charge < -0.3 is 14.0 Å². The van der Waals surface area contributed by atoms with E-state index in [0.29, 0.717) is 12.4 Å². The van der Waals surface area contributed by atoms with Gasteiger partial charge in [0.05, 0.1) is 7.11 Å². The number of rotatable bonds is 2. The average Bonchev–Trinajstić information content (AvgIpc) is 2.86. The fourth-order valence-corrected chi connectivity index (χ4v) is 1.32. The maximum atomic E-state index is 11.0. The Hall–Kier alpha value is -1.43. The van der Waals surface area contributed by atoms with E-state index in [9.17, 15) is 4.79 Å². The van der Waals surface area contributed by atoms with Crippen molar-refractivity contribution in [2.45, 2.75) is 18.9 Å². The van der Waals surface area contributed by atoms with Crippen molar-refractivity contribution >= 4 is 5.97 Å². The summed E-state index contributed by atoms with van der Waals surface area (Å²) in [6.45, 7) is 0.701. The lowest BCUT2D eigenvalue weighted by atomic mass is 10.2. The molecule has 1 saturated heterocycles. The second-order valence-electron chi connectivity index (χ2n) is 2.95. The standard InChI is InChI=1S/C8H10N2O4/c1-12-8(11)7-9-6(10-14-7)5-3-2-4-13-5/h5H,2-4H2,1H3. The molecule has 1 aromatic rings. The van der Waals surface area contributed by atoms with Gasteiger partial charge in [-0.1, -0.05) is 5.16 Å². The summed E-state index contributed by atoms with van der Waals surface area (Å²) in [4.78, 5) is 14.9. The van der Waals surface area contributed by atoms with E-state index in [-0.39, 0.29) is 12.0 Å². The van der Waals surface area contributed by atoms with Gasteiger partial charge in [-0.25, -0.2) is 4.79 Å². The minimum absolute atomic E-state index is 0.127. The summed E-state index contributed by atoms with van der Waals surface area (Å²) in [5.74, 6) is -0.331. The molecule has 2 heterocycles. The third kappa shape index (κ3) is 1.60. The van der Waals surface area contributed by atoms with Crippen LogP contribution in [0.3, 0.4) is 0 Å². The molecule has 1 aliphatic rings. The highest BCUT2D eigenvalue weighted by Gasteiger charge is 2.25. The molecular formula is C8H10N2O4. The third-order valence-corrected chi connectivity index (χ3v) is 2.02. The molecule has 76 valence electrons. The zero-order valence-corrected chi connectivity index (χ0v) is 7.73.